The van der Waals surface area contributed by atoms with Crippen LogP contribution in [0.1, 0.15) is 44.1 Å². The Balaban J connectivity index is 1.42. The lowest BCUT2D eigenvalue weighted by Gasteiger charge is -2.27. The first-order valence-corrected chi connectivity index (χ1v) is 8.35. The van der Waals surface area contributed by atoms with Gasteiger partial charge >= 0.3 is 0 Å². The Labute approximate surface area is 131 Å². The van der Waals surface area contributed by atoms with E-state index in [0.717, 1.165) is 44.9 Å². The normalized spacial score (nSPS) is 26.4. The Morgan fingerprint density at radius 2 is 1.86 bits per heavy atom. The van der Waals surface area contributed by atoms with Crippen LogP contribution < -0.4 is 5.32 Å². The van der Waals surface area contributed by atoms with E-state index in [4.69, 9.17) is 4.74 Å². The Kier molecular flexibility index (Phi) is 4.79. The molecular formula is C18H25NO3. The summed E-state index contributed by atoms with van der Waals surface area (Å²) in [5.74, 6) is 0.141. The van der Waals surface area contributed by atoms with Crippen molar-refractivity contribution in [2.75, 3.05) is 6.61 Å². The highest BCUT2D eigenvalue weighted by Gasteiger charge is 2.46. The minimum Gasteiger partial charge on any atom is -0.393 e. The predicted molar refractivity (Wildman–Crippen MR) is 84.2 cm³/mol. The summed E-state index contributed by atoms with van der Waals surface area (Å²) in [6.45, 7) is 0.633. The lowest BCUT2D eigenvalue weighted by atomic mass is 9.87. The standard InChI is InChI=1S/C18H25NO3/c20-16-8-6-15(7-9-16)17(21)19-18(11-12-18)22-13-10-14-4-2-1-3-5-14/h1-5,15-16,20H,6-13H2,(H,19,21). The highest BCUT2D eigenvalue weighted by atomic mass is 16.5. The van der Waals surface area contributed by atoms with E-state index >= 15 is 0 Å². The molecule has 0 heterocycles. The molecule has 0 saturated heterocycles. The first kappa shape index (κ1) is 15.5. The summed E-state index contributed by atoms with van der Waals surface area (Å²) in [6, 6.07) is 10.3. The summed E-state index contributed by atoms with van der Waals surface area (Å²) in [6.07, 6.45) is 5.50. The molecule has 2 saturated carbocycles. The third-order valence-corrected chi connectivity index (χ3v) is 4.73. The van der Waals surface area contributed by atoms with Crippen LogP contribution in [-0.2, 0) is 16.0 Å². The molecule has 2 N–H and O–H groups in total. The molecule has 2 aliphatic carbocycles. The second-order valence-corrected chi connectivity index (χ2v) is 6.57. The number of aliphatic hydroxyl groups excluding tert-OH is 1. The van der Waals surface area contributed by atoms with Crippen LogP contribution in [0.2, 0.25) is 0 Å². The van der Waals surface area contributed by atoms with Gasteiger partial charge in [-0.25, -0.2) is 0 Å². The van der Waals surface area contributed by atoms with Gasteiger partial charge in [0.2, 0.25) is 5.91 Å². The van der Waals surface area contributed by atoms with Crippen LogP contribution >= 0.6 is 0 Å². The van der Waals surface area contributed by atoms with Crippen molar-refractivity contribution in [3.63, 3.8) is 0 Å². The smallest absolute Gasteiger partial charge is 0.225 e. The zero-order chi connectivity index (χ0) is 15.4. The van der Waals surface area contributed by atoms with Gasteiger partial charge in [0.1, 0.15) is 5.72 Å². The molecule has 0 unspecified atom stereocenters. The van der Waals surface area contributed by atoms with E-state index in [1.807, 2.05) is 18.2 Å². The minimum absolute atomic E-state index is 0.0404. The molecule has 1 amide bonds. The molecular weight excluding hydrogens is 278 g/mol. The first-order valence-electron chi connectivity index (χ1n) is 8.35. The number of amides is 1. The third-order valence-electron chi connectivity index (χ3n) is 4.73. The minimum atomic E-state index is -0.415. The van der Waals surface area contributed by atoms with Crippen LogP contribution in [0, 0.1) is 5.92 Å². The number of hydrogen-bond acceptors (Lipinski definition) is 3. The monoisotopic (exact) mass is 303 g/mol. The number of carbonyl (C=O) groups excluding carboxylic acids is 1. The van der Waals surface area contributed by atoms with Crippen molar-refractivity contribution in [2.24, 2.45) is 5.92 Å². The number of hydrogen-bond donors (Lipinski definition) is 2. The zero-order valence-corrected chi connectivity index (χ0v) is 13.0. The summed E-state index contributed by atoms with van der Waals surface area (Å²) >= 11 is 0. The molecule has 22 heavy (non-hydrogen) atoms. The molecule has 0 atom stereocenters. The molecule has 120 valence electrons. The Hall–Kier alpha value is -1.39. The fraction of sp³-hybridized carbons (Fsp3) is 0.611. The van der Waals surface area contributed by atoms with Gasteiger partial charge in [-0.2, -0.15) is 0 Å². The van der Waals surface area contributed by atoms with Crippen LogP contribution in [0.3, 0.4) is 0 Å². The zero-order valence-electron chi connectivity index (χ0n) is 13.0. The molecule has 0 bridgehead atoms. The fourth-order valence-corrected chi connectivity index (χ4v) is 3.09. The molecule has 0 aliphatic heterocycles. The van der Waals surface area contributed by atoms with E-state index in [2.05, 4.69) is 17.4 Å². The van der Waals surface area contributed by atoms with Crippen LogP contribution in [0.25, 0.3) is 0 Å². The van der Waals surface area contributed by atoms with Gasteiger partial charge in [0.15, 0.2) is 0 Å². The van der Waals surface area contributed by atoms with Crippen molar-refractivity contribution in [1.29, 1.82) is 0 Å². The number of rotatable bonds is 6. The van der Waals surface area contributed by atoms with Gasteiger partial charge in [0.05, 0.1) is 12.7 Å². The summed E-state index contributed by atoms with van der Waals surface area (Å²) in [5.41, 5.74) is 0.841. The molecule has 1 aromatic rings. The topological polar surface area (TPSA) is 58.6 Å². The first-order chi connectivity index (χ1) is 10.7. The maximum Gasteiger partial charge on any atom is 0.225 e. The van der Waals surface area contributed by atoms with Gasteiger partial charge in [-0.3, -0.25) is 4.79 Å². The summed E-state index contributed by atoms with van der Waals surface area (Å²) < 4.78 is 5.95. The van der Waals surface area contributed by atoms with Gasteiger partial charge < -0.3 is 15.2 Å². The predicted octanol–water partition coefficient (Wildman–Crippen LogP) is 2.40. The summed E-state index contributed by atoms with van der Waals surface area (Å²) in [7, 11) is 0. The third kappa shape index (κ3) is 4.08. The molecule has 1 aromatic carbocycles. The van der Waals surface area contributed by atoms with Gasteiger partial charge in [0.25, 0.3) is 0 Å². The maximum absolute atomic E-state index is 12.3. The molecule has 0 radical (unpaired) electrons. The maximum atomic E-state index is 12.3. The quantitative estimate of drug-likeness (QED) is 0.793. The highest BCUT2D eigenvalue weighted by Crippen LogP contribution is 2.37. The van der Waals surface area contributed by atoms with Crippen LogP contribution in [0.15, 0.2) is 30.3 Å². The number of benzene rings is 1. The van der Waals surface area contributed by atoms with Crippen molar-refractivity contribution in [3.05, 3.63) is 35.9 Å². The van der Waals surface area contributed by atoms with E-state index in [9.17, 15) is 9.90 Å². The van der Waals surface area contributed by atoms with E-state index < -0.39 is 5.72 Å². The van der Waals surface area contributed by atoms with E-state index in [1.165, 1.54) is 5.56 Å². The molecule has 0 aromatic heterocycles. The van der Waals surface area contributed by atoms with Gasteiger partial charge in [-0.1, -0.05) is 30.3 Å². The van der Waals surface area contributed by atoms with Crippen LogP contribution in [0.4, 0.5) is 0 Å². The van der Waals surface area contributed by atoms with Crippen LogP contribution in [-0.4, -0.2) is 29.4 Å². The second kappa shape index (κ2) is 6.80. The number of aliphatic hydroxyl groups is 1. The van der Waals surface area contributed by atoms with Crippen LogP contribution in [0.5, 0.6) is 0 Å². The van der Waals surface area contributed by atoms with E-state index in [0.29, 0.717) is 6.61 Å². The lowest BCUT2D eigenvalue weighted by Crippen LogP contribution is -2.43. The number of ether oxygens (including phenoxy) is 1. The molecule has 4 heteroatoms. The second-order valence-electron chi connectivity index (χ2n) is 6.57. The van der Waals surface area contributed by atoms with Gasteiger partial charge in [0, 0.05) is 5.92 Å². The largest absolute Gasteiger partial charge is 0.393 e. The number of nitrogens with one attached hydrogen (secondary N) is 1. The summed E-state index contributed by atoms with van der Waals surface area (Å²) in [5, 5.41) is 12.6. The van der Waals surface area contributed by atoms with E-state index in [-0.39, 0.29) is 17.9 Å². The average Bonchev–Trinajstić information content (AvgIpc) is 3.28. The molecule has 4 nitrogen and oxygen atoms in total. The average molecular weight is 303 g/mol. The Morgan fingerprint density at radius 1 is 1.18 bits per heavy atom. The van der Waals surface area contributed by atoms with E-state index in [1.54, 1.807) is 0 Å². The van der Waals surface area contributed by atoms with Crippen molar-refractivity contribution in [1.82, 2.24) is 5.32 Å². The highest BCUT2D eigenvalue weighted by molar-refractivity contribution is 5.79. The fourth-order valence-electron chi connectivity index (χ4n) is 3.09. The van der Waals surface area contributed by atoms with Crippen molar-refractivity contribution < 1.29 is 14.6 Å². The Bertz CT molecular complexity index is 490. The van der Waals surface area contributed by atoms with Gasteiger partial charge in [-0.05, 0) is 50.5 Å². The van der Waals surface area contributed by atoms with Crippen molar-refractivity contribution in [3.8, 4) is 0 Å². The summed E-state index contributed by atoms with van der Waals surface area (Å²) in [4.78, 5) is 12.3. The SMILES string of the molecule is O=C(NC1(OCCc2ccccc2)CC1)C1CCC(O)CC1. The molecule has 2 fully saturated rings. The number of carbonyl (C=O) groups is 1. The van der Waals surface area contributed by atoms with Crippen molar-refractivity contribution in [2.45, 2.75) is 56.8 Å². The molecule has 0 spiro atoms. The van der Waals surface area contributed by atoms with Gasteiger partial charge in [-0.15, -0.1) is 0 Å². The molecule has 3 rings (SSSR count). The van der Waals surface area contributed by atoms with Crippen molar-refractivity contribution >= 4 is 5.91 Å². The lowest BCUT2D eigenvalue weighted by molar-refractivity contribution is -0.132. The Morgan fingerprint density at radius 3 is 2.50 bits per heavy atom. The molecule has 2 aliphatic rings.